The molecular weight excluding hydrogens is 456 g/mol. The molecule has 7 heteroatoms. The quantitative estimate of drug-likeness (QED) is 0.234. The molecule has 1 amide bonds. The van der Waals surface area contributed by atoms with Crippen LogP contribution in [0.4, 0.5) is 5.69 Å². The molecule has 1 heterocycles. The van der Waals surface area contributed by atoms with Crippen LogP contribution >= 0.6 is 0 Å². The normalized spacial score (nSPS) is 12.9. The maximum absolute atomic E-state index is 12.4. The second kappa shape index (κ2) is 10.3. The van der Waals surface area contributed by atoms with Crippen molar-refractivity contribution in [2.24, 2.45) is 0 Å². The summed E-state index contributed by atoms with van der Waals surface area (Å²) in [6.07, 6.45) is 6.12. The molecular formula is C29H28N2O5. The number of carboxylic acid groups (broad SMARTS) is 1. The molecule has 0 radical (unpaired) electrons. The van der Waals surface area contributed by atoms with Gasteiger partial charge in [-0.05, 0) is 66.6 Å². The topological polar surface area (TPSA) is 101 Å². The number of ether oxygens (including phenoxy) is 1. The van der Waals surface area contributed by atoms with Gasteiger partial charge < -0.3 is 24.8 Å². The van der Waals surface area contributed by atoms with Gasteiger partial charge in [-0.15, -0.1) is 0 Å². The number of amides is 1. The second-order valence-electron chi connectivity index (χ2n) is 9.09. The first-order valence-corrected chi connectivity index (χ1v) is 12.1. The molecule has 0 unspecified atom stereocenters. The molecule has 0 saturated carbocycles. The van der Waals surface area contributed by atoms with Gasteiger partial charge in [0.15, 0.2) is 0 Å². The number of aromatic hydroxyl groups is 1. The van der Waals surface area contributed by atoms with Crippen molar-refractivity contribution in [2.45, 2.75) is 32.2 Å². The minimum Gasteiger partial charge on any atom is -0.506 e. The third-order valence-corrected chi connectivity index (χ3v) is 6.66. The van der Waals surface area contributed by atoms with E-state index in [1.165, 1.54) is 5.56 Å². The van der Waals surface area contributed by atoms with E-state index in [4.69, 9.17) is 4.74 Å². The minimum absolute atomic E-state index is 0.0745. The molecule has 0 bridgehead atoms. The third-order valence-electron chi connectivity index (χ3n) is 6.66. The minimum atomic E-state index is -0.982. The summed E-state index contributed by atoms with van der Waals surface area (Å²) in [4.78, 5) is 24.0. The average molecular weight is 485 g/mol. The maximum Gasteiger partial charge on any atom is 0.335 e. The number of aromatic carboxylic acids is 1. The second-order valence-corrected chi connectivity index (χ2v) is 9.09. The summed E-state index contributed by atoms with van der Waals surface area (Å²) in [6, 6.07) is 18.6. The Morgan fingerprint density at radius 1 is 0.972 bits per heavy atom. The largest absolute Gasteiger partial charge is 0.506 e. The lowest BCUT2D eigenvalue weighted by Gasteiger charge is -2.18. The van der Waals surface area contributed by atoms with Gasteiger partial charge in [-0.1, -0.05) is 36.4 Å². The summed E-state index contributed by atoms with van der Waals surface area (Å²) in [6.45, 7) is 0.560. The number of rotatable bonds is 8. The Balaban J connectivity index is 1.25. The van der Waals surface area contributed by atoms with Crippen LogP contribution in [0.5, 0.6) is 5.75 Å². The van der Waals surface area contributed by atoms with E-state index in [-0.39, 0.29) is 30.4 Å². The van der Waals surface area contributed by atoms with Crippen molar-refractivity contribution < 1.29 is 24.5 Å². The van der Waals surface area contributed by atoms with Crippen LogP contribution in [0, 0.1) is 0 Å². The number of aromatic nitrogens is 1. The van der Waals surface area contributed by atoms with Crippen LogP contribution in [-0.4, -0.2) is 39.9 Å². The Morgan fingerprint density at radius 3 is 2.47 bits per heavy atom. The van der Waals surface area contributed by atoms with Gasteiger partial charge in [-0.25, -0.2) is 4.79 Å². The van der Waals surface area contributed by atoms with Gasteiger partial charge in [0.2, 0.25) is 5.91 Å². The Kier molecular flexibility index (Phi) is 6.73. The van der Waals surface area contributed by atoms with E-state index in [9.17, 15) is 19.8 Å². The van der Waals surface area contributed by atoms with Crippen molar-refractivity contribution in [1.29, 1.82) is 0 Å². The number of carbonyl (C=O) groups is 2. The SMILES string of the molecule is O=C(COCCn1cc(-c2ccccc2)c2ccc(C(=O)O)cc21)Nc1cc2c(cc1O)CCCC2. The summed E-state index contributed by atoms with van der Waals surface area (Å²) in [7, 11) is 0. The van der Waals surface area contributed by atoms with Crippen LogP contribution < -0.4 is 5.32 Å². The van der Waals surface area contributed by atoms with E-state index in [1.54, 1.807) is 18.2 Å². The number of anilines is 1. The third kappa shape index (κ3) is 4.97. The number of carboxylic acids is 1. The average Bonchev–Trinajstić information content (AvgIpc) is 3.25. The van der Waals surface area contributed by atoms with Crippen LogP contribution in [0.3, 0.4) is 0 Å². The van der Waals surface area contributed by atoms with Gasteiger partial charge in [-0.3, -0.25) is 4.79 Å². The molecule has 1 aromatic heterocycles. The molecule has 5 rings (SSSR count). The van der Waals surface area contributed by atoms with Gasteiger partial charge in [0, 0.05) is 29.2 Å². The molecule has 7 nitrogen and oxygen atoms in total. The van der Waals surface area contributed by atoms with E-state index in [0.717, 1.165) is 53.3 Å². The predicted octanol–water partition coefficient (Wildman–Crippen LogP) is 5.25. The maximum atomic E-state index is 12.4. The lowest BCUT2D eigenvalue weighted by atomic mass is 9.91. The fourth-order valence-corrected chi connectivity index (χ4v) is 4.84. The highest BCUT2D eigenvalue weighted by Gasteiger charge is 2.16. The molecule has 4 aromatic rings. The number of hydrogen-bond donors (Lipinski definition) is 3. The molecule has 1 aliphatic rings. The molecule has 0 aliphatic heterocycles. The van der Waals surface area contributed by atoms with Crippen LogP contribution in [0.25, 0.3) is 22.0 Å². The summed E-state index contributed by atoms with van der Waals surface area (Å²) < 4.78 is 7.59. The fraction of sp³-hybridized carbons (Fsp3) is 0.241. The van der Waals surface area contributed by atoms with Gasteiger partial charge in [0.25, 0.3) is 0 Å². The van der Waals surface area contributed by atoms with Crippen LogP contribution in [0.15, 0.2) is 66.9 Å². The molecule has 0 fully saturated rings. The molecule has 0 atom stereocenters. The molecule has 3 aromatic carbocycles. The first-order chi connectivity index (χ1) is 17.5. The molecule has 1 aliphatic carbocycles. The highest BCUT2D eigenvalue weighted by Crippen LogP contribution is 2.33. The fourth-order valence-electron chi connectivity index (χ4n) is 4.84. The number of hydrogen-bond acceptors (Lipinski definition) is 4. The lowest BCUT2D eigenvalue weighted by molar-refractivity contribution is -0.120. The van der Waals surface area contributed by atoms with Gasteiger partial charge in [0.1, 0.15) is 12.4 Å². The van der Waals surface area contributed by atoms with Crippen molar-refractivity contribution in [2.75, 3.05) is 18.5 Å². The van der Waals surface area contributed by atoms with Crippen molar-refractivity contribution in [1.82, 2.24) is 4.57 Å². The standard InChI is InChI=1S/C29H28N2O5/c32-27-16-21-9-5-4-8-20(21)14-25(27)30-28(33)18-36-13-12-31-17-24(19-6-2-1-3-7-19)23-11-10-22(29(34)35)15-26(23)31/h1-3,6-7,10-11,14-17,32H,4-5,8-9,12-13,18H2,(H,30,33)(H,34,35). The van der Waals surface area contributed by atoms with Crippen LogP contribution in [0.2, 0.25) is 0 Å². The zero-order valence-corrected chi connectivity index (χ0v) is 19.9. The first kappa shape index (κ1) is 23.6. The Hall–Kier alpha value is -4.10. The summed E-state index contributed by atoms with van der Waals surface area (Å²) >= 11 is 0. The highest BCUT2D eigenvalue weighted by molar-refractivity contribution is 6.00. The van der Waals surface area contributed by atoms with Crippen molar-refractivity contribution in [3.63, 3.8) is 0 Å². The van der Waals surface area contributed by atoms with E-state index < -0.39 is 5.97 Å². The highest BCUT2D eigenvalue weighted by atomic mass is 16.5. The van der Waals surface area contributed by atoms with Gasteiger partial charge in [0.05, 0.1) is 17.9 Å². The van der Waals surface area contributed by atoms with Crippen molar-refractivity contribution in [3.8, 4) is 16.9 Å². The number of phenols is 1. The number of phenolic OH excluding ortho intramolecular Hbond substituents is 1. The summed E-state index contributed by atoms with van der Waals surface area (Å²) in [5.74, 6) is -1.24. The van der Waals surface area contributed by atoms with Crippen LogP contribution in [-0.2, 0) is 28.9 Å². The number of nitrogens with one attached hydrogen (secondary N) is 1. The number of nitrogens with zero attached hydrogens (tertiary/aromatic N) is 1. The molecule has 0 saturated heterocycles. The molecule has 3 N–H and O–H groups in total. The van der Waals surface area contributed by atoms with Crippen molar-refractivity contribution >= 4 is 28.5 Å². The Labute approximate surface area is 208 Å². The van der Waals surface area contributed by atoms with Crippen molar-refractivity contribution in [3.05, 3.63) is 83.6 Å². The number of aryl methyl sites for hydroxylation is 2. The lowest BCUT2D eigenvalue weighted by Crippen LogP contribution is -2.20. The summed E-state index contributed by atoms with van der Waals surface area (Å²) in [5.41, 5.74) is 5.77. The molecule has 184 valence electrons. The molecule has 0 spiro atoms. The van der Waals surface area contributed by atoms with E-state index in [1.807, 2.05) is 53.2 Å². The Bertz CT molecular complexity index is 1420. The van der Waals surface area contributed by atoms with E-state index in [0.29, 0.717) is 12.2 Å². The summed E-state index contributed by atoms with van der Waals surface area (Å²) in [5, 5.41) is 23.4. The zero-order chi connectivity index (χ0) is 25.1. The first-order valence-electron chi connectivity index (χ1n) is 12.1. The monoisotopic (exact) mass is 484 g/mol. The smallest absolute Gasteiger partial charge is 0.335 e. The van der Waals surface area contributed by atoms with Crippen LogP contribution in [0.1, 0.15) is 34.3 Å². The van der Waals surface area contributed by atoms with Gasteiger partial charge in [-0.2, -0.15) is 0 Å². The van der Waals surface area contributed by atoms with Gasteiger partial charge >= 0.3 is 5.97 Å². The number of fused-ring (bicyclic) bond motifs is 2. The number of benzene rings is 3. The van der Waals surface area contributed by atoms with E-state index >= 15 is 0 Å². The zero-order valence-electron chi connectivity index (χ0n) is 19.9. The number of carbonyl (C=O) groups excluding carboxylic acids is 1. The molecule has 36 heavy (non-hydrogen) atoms. The van der Waals surface area contributed by atoms with E-state index in [2.05, 4.69) is 5.32 Å². The Morgan fingerprint density at radius 2 is 1.72 bits per heavy atom. The predicted molar refractivity (Wildman–Crippen MR) is 139 cm³/mol.